The minimum atomic E-state index is 0.604. The minimum Gasteiger partial charge on any atom is -0.479 e. The Kier molecular flexibility index (Phi) is 3.72. The number of ether oxygens (including phenoxy) is 1. The van der Waals surface area contributed by atoms with E-state index in [2.05, 4.69) is 15.3 Å². The number of hydrogen-bond donors (Lipinski definition) is 2. The Morgan fingerprint density at radius 3 is 2.83 bits per heavy atom. The van der Waals surface area contributed by atoms with E-state index in [1.54, 1.807) is 13.3 Å². The van der Waals surface area contributed by atoms with Crippen LogP contribution in [0.2, 0.25) is 0 Å². The van der Waals surface area contributed by atoms with Gasteiger partial charge in [0.2, 0.25) is 5.88 Å². The van der Waals surface area contributed by atoms with Gasteiger partial charge in [-0.2, -0.15) is 0 Å². The van der Waals surface area contributed by atoms with Crippen LogP contribution in [0.15, 0.2) is 30.6 Å². The Balaban J connectivity index is 2.23. The van der Waals surface area contributed by atoms with E-state index in [9.17, 15) is 0 Å². The van der Waals surface area contributed by atoms with Gasteiger partial charge < -0.3 is 19.9 Å². The maximum Gasteiger partial charge on any atom is 0.239 e. The summed E-state index contributed by atoms with van der Waals surface area (Å²) in [7, 11) is 5.62. The van der Waals surface area contributed by atoms with Gasteiger partial charge in [-0.25, -0.2) is 4.98 Å². The van der Waals surface area contributed by atoms with E-state index < -0.39 is 0 Å². The molecule has 0 aromatic carbocycles. The highest BCUT2D eigenvalue weighted by Gasteiger charge is 2.11. The van der Waals surface area contributed by atoms with Crippen molar-refractivity contribution in [2.24, 2.45) is 0 Å². The minimum absolute atomic E-state index is 0.604. The number of pyridine rings is 1. The molecule has 0 amide bonds. The van der Waals surface area contributed by atoms with Crippen molar-refractivity contribution in [3.05, 3.63) is 36.3 Å². The Morgan fingerprint density at radius 1 is 1.39 bits per heavy atom. The predicted molar refractivity (Wildman–Crippen MR) is 73.2 cm³/mol. The van der Waals surface area contributed by atoms with Crippen LogP contribution in [-0.4, -0.2) is 31.2 Å². The average molecular weight is 246 g/mol. The summed E-state index contributed by atoms with van der Waals surface area (Å²) in [6.07, 6.45) is 3.65. The van der Waals surface area contributed by atoms with Gasteiger partial charge in [-0.05, 0) is 18.2 Å². The lowest BCUT2D eigenvalue weighted by Crippen LogP contribution is -2.13. The van der Waals surface area contributed by atoms with Crippen molar-refractivity contribution in [3.8, 4) is 5.88 Å². The first-order chi connectivity index (χ1) is 8.72. The molecule has 0 unspecified atom stereocenters. The zero-order chi connectivity index (χ0) is 13.0. The number of aromatic amines is 1. The van der Waals surface area contributed by atoms with Crippen molar-refractivity contribution in [3.63, 3.8) is 0 Å². The number of anilines is 2. The highest BCUT2D eigenvalue weighted by Crippen LogP contribution is 2.32. The molecule has 18 heavy (non-hydrogen) atoms. The highest BCUT2D eigenvalue weighted by atomic mass is 16.5. The lowest BCUT2D eigenvalue weighted by atomic mass is 10.3. The molecule has 0 spiro atoms. The van der Waals surface area contributed by atoms with E-state index in [-0.39, 0.29) is 0 Å². The average Bonchev–Trinajstić information content (AvgIpc) is 2.88. The van der Waals surface area contributed by atoms with E-state index in [1.807, 2.05) is 43.4 Å². The van der Waals surface area contributed by atoms with Gasteiger partial charge in [-0.3, -0.25) is 0 Å². The van der Waals surface area contributed by atoms with Crippen LogP contribution in [-0.2, 0) is 6.54 Å². The predicted octanol–water partition coefficient (Wildman–Crippen LogP) is 2.10. The molecule has 5 heteroatoms. The molecule has 0 aliphatic rings. The van der Waals surface area contributed by atoms with Gasteiger partial charge in [0.25, 0.3) is 0 Å². The summed E-state index contributed by atoms with van der Waals surface area (Å²) in [6.45, 7) is 0.704. The molecule has 0 saturated carbocycles. The van der Waals surface area contributed by atoms with Crippen LogP contribution in [0, 0.1) is 0 Å². The summed E-state index contributed by atoms with van der Waals surface area (Å²) in [4.78, 5) is 9.40. The standard InChI is InChI=1S/C13H18N4O/c1-17(2)11-6-8-15-13(18-3)12(11)16-9-10-5-4-7-14-10/h4-8,14,16H,9H2,1-3H3. The number of H-pyrrole nitrogens is 1. The smallest absolute Gasteiger partial charge is 0.239 e. The molecule has 2 rings (SSSR count). The van der Waals surface area contributed by atoms with E-state index in [1.165, 1.54) is 0 Å². The van der Waals surface area contributed by atoms with Gasteiger partial charge in [0.1, 0.15) is 5.69 Å². The molecule has 0 atom stereocenters. The van der Waals surface area contributed by atoms with Gasteiger partial charge in [-0.15, -0.1) is 0 Å². The number of rotatable bonds is 5. The molecule has 2 aromatic heterocycles. The lowest BCUT2D eigenvalue weighted by molar-refractivity contribution is 0.400. The fourth-order valence-corrected chi connectivity index (χ4v) is 1.79. The van der Waals surface area contributed by atoms with E-state index >= 15 is 0 Å². The van der Waals surface area contributed by atoms with Crippen LogP contribution in [0.4, 0.5) is 11.4 Å². The van der Waals surface area contributed by atoms with Crippen LogP contribution in [0.3, 0.4) is 0 Å². The molecule has 5 nitrogen and oxygen atoms in total. The number of aromatic nitrogens is 2. The molecule has 0 aliphatic carbocycles. The highest BCUT2D eigenvalue weighted by molar-refractivity contribution is 5.74. The summed E-state index contributed by atoms with van der Waals surface area (Å²) in [5, 5.41) is 3.36. The fraction of sp³-hybridized carbons (Fsp3) is 0.308. The molecule has 2 aromatic rings. The first-order valence-electron chi connectivity index (χ1n) is 5.79. The van der Waals surface area contributed by atoms with Crippen LogP contribution >= 0.6 is 0 Å². The Morgan fingerprint density at radius 2 is 2.22 bits per heavy atom. The molecule has 0 saturated heterocycles. The summed E-state index contributed by atoms with van der Waals surface area (Å²) in [6, 6.07) is 5.97. The zero-order valence-electron chi connectivity index (χ0n) is 10.9. The second kappa shape index (κ2) is 5.44. The van der Waals surface area contributed by atoms with Crippen molar-refractivity contribution < 1.29 is 4.74 Å². The Bertz CT molecular complexity index is 494. The molecule has 0 aliphatic heterocycles. The maximum absolute atomic E-state index is 5.30. The Hall–Kier alpha value is -2.17. The van der Waals surface area contributed by atoms with Gasteiger partial charge >= 0.3 is 0 Å². The van der Waals surface area contributed by atoms with E-state index in [0.717, 1.165) is 17.1 Å². The largest absolute Gasteiger partial charge is 0.479 e. The topological polar surface area (TPSA) is 53.2 Å². The maximum atomic E-state index is 5.30. The molecule has 96 valence electrons. The summed E-state index contributed by atoms with van der Waals surface area (Å²) in [5.41, 5.74) is 3.07. The molecule has 0 radical (unpaired) electrons. The third kappa shape index (κ3) is 2.56. The molecular formula is C13H18N4O. The first kappa shape index (κ1) is 12.3. The molecule has 2 N–H and O–H groups in total. The number of nitrogens with one attached hydrogen (secondary N) is 2. The first-order valence-corrected chi connectivity index (χ1v) is 5.79. The quantitative estimate of drug-likeness (QED) is 0.848. The van der Waals surface area contributed by atoms with Crippen molar-refractivity contribution in [2.75, 3.05) is 31.4 Å². The molecule has 2 heterocycles. The van der Waals surface area contributed by atoms with E-state index in [0.29, 0.717) is 12.4 Å². The van der Waals surface area contributed by atoms with Gasteiger partial charge in [0, 0.05) is 32.2 Å². The zero-order valence-corrected chi connectivity index (χ0v) is 10.9. The third-order valence-electron chi connectivity index (χ3n) is 2.69. The molecule has 0 fully saturated rings. The Labute approximate surface area is 107 Å². The summed E-state index contributed by atoms with van der Waals surface area (Å²) < 4.78 is 5.30. The van der Waals surface area contributed by atoms with Crippen LogP contribution < -0.4 is 15.0 Å². The second-order valence-corrected chi connectivity index (χ2v) is 4.16. The van der Waals surface area contributed by atoms with Gasteiger partial charge in [0.15, 0.2) is 0 Å². The van der Waals surface area contributed by atoms with Crippen LogP contribution in [0.25, 0.3) is 0 Å². The number of methoxy groups -OCH3 is 1. The van der Waals surface area contributed by atoms with E-state index in [4.69, 9.17) is 4.74 Å². The van der Waals surface area contributed by atoms with Crippen LogP contribution in [0.1, 0.15) is 5.69 Å². The number of nitrogens with zero attached hydrogens (tertiary/aromatic N) is 2. The number of hydrogen-bond acceptors (Lipinski definition) is 4. The van der Waals surface area contributed by atoms with Crippen LogP contribution in [0.5, 0.6) is 5.88 Å². The normalized spacial score (nSPS) is 10.2. The molecule has 0 bridgehead atoms. The van der Waals surface area contributed by atoms with Crippen molar-refractivity contribution >= 4 is 11.4 Å². The monoisotopic (exact) mass is 246 g/mol. The van der Waals surface area contributed by atoms with Gasteiger partial charge in [-0.1, -0.05) is 0 Å². The summed E-state index contributed by atoms with van der Waals surface area (Å²) >= 11 is 0. The lowest BCUT2D eigenvalue weighted by Gasteiger charge is -2.19. The molecular weight excluding hydrogens is 228 g/mol. The SMILES string of the molecule is COc1nccc(N(C)C)c1NCc1ccc[nH]1. The van der Waals surface area contributed by atoms with Crippen molar-refractivity contribution in [1.29, 1.82) is 0 Å². The second-order valence-electron chi connectivity index (χ2n) is 4.16. The van der Waals surface area contributed by atoms with Crippen molar-refractivity contribution in [1.82, 2.24) is 9.97 Å². The van der Waals surface area contributed by atoms with Gasteiger partial charge in [0.05, 0.1) is 19.3 Å². The summed E-state index contributed by atoms with van der Waals surface area (Å²) in [5.74, 6) is 0.604. The fourth-order valence-electron chi connectivity index (χ4n) is 1.79. The third-order valence-corrected chi connectivity index (χ3v) is 2.69. The van der Waals surface area contributed by atoms with Crippen molar-refractivity contribution in [2.45, 2.75) is 6.54 Å².